The number of hydrogen-bond donors (Lipinski definition) is 2. The zero-order valence-corrected chi connectivity index (χ0v) is 19.4. The standard InChI is InChI=1S/C25H15ClF5N3O4/c1-34-9-11-6-17(32-22(35)10-4-12(25(29,30)31)7-14(28)5-10)18-19(21(11)38-24(34)37)23(36)33-20(18)15-8-13(27)2-3-16(15)26/h2-8,20H,9H2,1H3,(H,32,35)(H,33,36)/t20-/m0/s1/i1D3. The monoisotopic (exact) mass is 554 g/mol. The molecule has 2 aliphatic heterocycles. The number of carbonyl (C=O) groups excluding carboxylic acids is 3. The van der Waals surface area contributed by atoms with Crippen molar-refractivity contribution in [3.63, 3.8) is 0 Å². The molecule has 0 fully saturated rings. The normalized spacial score (nSPS) is 18.0. The zero-order chi connectivity index (χ0) is 30.0. The first kappa shape index (κ1) is 21.9. The van der Waals surface area contributed by atoms with Crippen LogP contribution < -0.4 is 15.4 Å². The third kappa shape index (κ3) is 4.40. The van der Waals surface area contributed by atoms with Crippen molar-refractivity contribution in [2.45, 2.75) is 18.8 Å². The molecular weight excluding hydrogens is 537 g/mol. The lowest BCUT2D eigenvalue weighted by molar-refractivity contribution is -0.137. The summed E-state index contributed by atoms with van der Waals surface area (Å²) in [6.07, 6.45) is -6.27. The quantitative estimate of drug-likeness (QED) is 0.409. The van der Waals surface area contributed by atoms with Crippen LogP contribution in [0.5, 0.6) is 5.75 Å². The number of nitrogens with zero attached hydrogens (tertiary/aromatic N) is 1. The van der Waals surface area contributed by atoms with Gasteiger partial charge < -0.3 is 20.3 Å². The van der Waals surface area contributed by atoms with Gasteiger partial charge in [-0.05, 0) is 42.5 Å². The van der Waals surface area contributed by atoms with Crippen molar-refractivity contribution in [3.05, 3.63) is 92.5 Å². The van der Waals surface area contributed by atoms with Gasteiger partial charge in [0.2, 0.25) is 0 Å². The smallest absolute Gasteiger partial charge is 0.409 e. The molecule has 0 aliphatic carbocycles. The van der Waals surface area contributed by atoms with Gasteiger partial charge in [-0.15, -0.1) is 0 Å². The Balaban J connectivity index is 1.68. The summed E-state index contributed by atoms with van der Waals surface area (Å²) in [5.74, 6) is -4.50. The van der Waals surface area contributed by atoms with E-state index in [4.69, 9.17) is 20.5 Å². The number of anilines is 1. The van der Waals surface area contributed by atoms with Crippen LogP contribution in [0, 0.1) is 11.6 Å². The van der Waals surface area contributed by atoms with E-state index in [9.17, 15) is 36.3 Å². The third-order valence-corrected chi connectivity index (χ3v) is 6.27. The van der Waals surface area contributed by atoms with Gasteiger partial charge in [0.15, 0.2) is 5.75 Å². The average Bonchev–Trinajstić information content (AvgIpc) is 3.21. The zero-order valence-electron chi connectivity index (χ0n) is 21.7. The number of nitrogens with one attached hydrogen (secondary N) is 2. The maximum absolute atomic E-state index is 14.2. The minimum absolute atomic E-state index is 0.00920. The van der Waals surface area contributed by atoms with Gasteiger partial charge in [-0.2, -0.15) is 13.2 Å². The lowest BCUT2D eigenvalue weighted by Gasteiger charge is -2.27. The lowest BCUT2D eigenvalue weighted by atomic mass is 9.93. The predicted molar refractivity (Wildman–Crippen MR) is 124 cm³/mol. The Kier molecular flexibility index (Phi) is 5.16. The summed E-state index contributed by atoms with van der Waals surface area (Å²) in [4.78, 5) is 39.1. The second-order valence-corrected chi connectivity index (χ2v) is 8.82. The van der Waals surface area contributed by atoms with Crippen LogP contribution in [0.3, 0.4) is 0 Å². The molecule has 7 nitrogen and oxygen atoms in total. The fraction of sp³-hybridized carbons (Fsp3) is 0.160. The van der Waals surface area contributed by atoms with Gasteiger partial charge in [0, 0.05) is 44.1 Å². The minimum Gasteiger partial charge on any atom is -0.409 e. The Morgan fingerprint density at radius 3 is 2.63 bits per heavy atom. The van der Waals surface area contributed by atoms with Crippen molar-refractivity contribution in [1.29, 1.82) is 0 Å². The maximum atomic E-state index is 14.2. The first-order valence-electron chi connectivity index (χ1n) is 12.2. The van der Waals surface area contributed by atoms with Crippen LogP contribution in [0.2, 0.25) is 5.02 Å². The molecule has 13 heteroatoms. The van der Waals surface area contributed by atoms with E-state index in [1.54, 1.807) is 0 Å². The van der Waals surface area contributed by atoms with Gasteiger partial charge in [0.25, 0.3) is 11.8 Å². The van der Waals surface area contributed by atoms with Crippen molar-refractivity contribution in [2.75, 3.05) is 12.3 Å². The Morgan fingerprint density at radius 2 is 1.92 bits per heavy atom. The van der Waals surface area contributed by atoms with E-state index in [0.29, 0.717) is 17.0 Å². The number of alkyl halides is 3. The number of fused-ring (bicyclic) bond motifs is 3. The number of ether oxygens (including phenoxy) is 1. The highest BCUT2D eigenvalue weighted by Crippen LogP contribution is 2.46. The number of halogens is 6. The van der Waals surface area contributed by atoms with Crippen LogP contribution in [-0.4, -0.2) is 29.8 Å². The van der Waals surface area contributed by atoms with E-state index in [1.165, 1.54) is 6.07 Å². The molecule has 2 aliphatic rings. The molecular formula is C25H15ClF5N3O4. The fourth-order valence-corrected chi connectivity index (χ4v) is 4.53. The highest BCUT2D eigenvalue weighted by molar-refractivity contribution is 6.31. The summed E-state index contributed by atoms with van der Waals surface area (Å²) in [6.45, 7) is -3.55. The third-order valence-electron chi connectivity index (χ3n) is 5.93. The number of amides is 3. The number of benzene rings is 3. The summed E-state index contributed by atoms with van der Waals surface area (Å²) in [5, 5.41) is 4.86. The van der Waals surface area contributed by atoms with Gasteiger partial charge in [0.1, 0.15) is 11.6 Å². The van der Waals surface area contributed by atoms with E-state index in [2.05, 4.69) is 10.6 Å². The van der Waals surface area contributed by atoms with Gasteiger partial charge in [-0.1, -0.05) is 11.6 Å². The van der Waals surface area contributed by atoms with E-state index in [0.717, 1.165) is 18.2 Å². The van der Waals surface area contributed by atoms with Crippen LogP contribution in [0.4, 0.5) is 32.4 Å². The molecule has 3 aromatic carbocycles. The number of carbonyl (C=O) groups is 3. The second-order valence-electron chi connectivity index (χ2n) is 8.41. The van der Waals surface area contributed by atoms with Crippen LogP contribution in [-0.2, 0) is 12.7 Å². The van der Waals surface area contributed by atoms with Crippen LogP contribution in [0.25, 0.3) is 0 Å². The number of rotatable bonds is 3. The summed E-state index contributed by atoms with van der Waals surface area (Å²) < 4.78 is 95.9. The summed E-state index contributed by atoms with van der Waals surface area (Å²) in [7, 11) is 0. The highest BCUT2D eigenvalue weighted by atomic mass is 35.5. The largest absolute Gasteiger partial charge is 0.416 e. The molecule has 2 heterocycles. The molecule has 196 valence electrons. The fourth-order valence-electron chi connectivity index (χ4n) is 4.30. The Morgan fingerprint density at radius 1 is 1.16 bits per heavy atom. The first-order chi connectivity index (χ1) is 19.0. The van der Waals surface area contributed by atoms with Gasteiger partial charge in [-0.25, -0.2) is 13.6 Å². The van der Waals surface area contributed by atoms with Crippen molar-refractivity contribution in [2.24, 2.45) is 0 Å². The summed E-state index contributed by atoms with van der Waals surface area (Å²) in [5.41, 5.74) is -2.85. The molecule has 3 aromatic rings. The molecule has 0 spiro atoms. The molecule has 5 rings (SSSR count). The van der Waals surface area contributed by atoms with E-state index >= 15 is 0 Å². The van der Waals surface area contributed by atoms with E-state index in [1.807, 2.05) is 0 Å². The van der Waals surface area contributed by atoms with Gasteiger partial charge in [0.05, 0.1) is 23.7 Å². The first-order valence-corrected chi connectivity index (χ1v) is 11.1. The molecule has 1 atom stereocenters. The molecule has 0 radical (unpaired) electrons. The molecule has 0 unspecified atom stereocenters. The van der Waals surface area contributed by atoms with Crippen molar-refractivity contribution >= 4 is 35.2 Å². The maximum Gasteiger partial charge on any atom is 0.416 e. The van der Waals surface area contributed by atoms with Gasteiger partial charge >= 0.3 is 12.3 Å². The molecule has 38 heavy (non-hydrogen) atoms. The second kappa shape index (κ2) is 8.98. The van der Waals surface area contributed by atoms with Crippen LogP contribution >= 0.6 is 11.6 Å². The Hall–Kier alpha value is -4.19. The van der Waals surface area contributed by atoms with Gasteiger partial charge in [-0.3, -0.25) is 9.59 Å². The molecule has 0 aromatic heterocycles. The van der Waals surface area contributed by atoms with E-state index < -0.39 is 66.4 Å². The average molecular weight is 555 g/mol. The summed E-state index contributed by atoms with van der Waals surface area (Å²) in [6, 6.07) is 4.33. The molecule has 0 saturated heterocycles. The minimum atomic E-state index is -4.97. The number of hydrogen-bond acceptors (Lipinski definition) is 4. The predicted octanol–water partition coefficient (Wildman–Crippen LogP) is 5.67. The molecule has 0 bridgehead atoms. The molecule has 2 N–H and O–H groups in total. The van der Waals surface area contributed by atoms with Crippen molar-refractivity contribution < 1.29 is 45.2 Å². The van der Waals surface area contributed by atoms with Crippen molar-refractivity contribution in [3.8, 4) is 5.75 Å². The van der Waals surface area contributed by atoms with E-state index in [-0.39, 0.29) is 44.8 Å². The van der Waals surface area contributed by atoms with Crippen LogP contribution in [0.15, 0.2) is 42.5 Å². The highest BCUT2D eigenvalue weighted by Gasteiger charge is 2.41. The Bertz CT molecular complexity index is 1650. The SMILES string of the molecule is [2H]C([2H])([2H])N1Cc2cc(NC(=O)c3cc(F)cc(C(F)(F)F)c3)c3c(c2OC1=O)C(=O)N[C@H]3c1cc(F)ccc1Cl. The lowest BCUT2D eigenvalue weighted by Crippen LogP contribution is -2.34. The van der Waals surface area contributed by atoms with Crippen LogP contribution in [0.1, 0.15) is 53.1 Å². The van der Waals surface area contributed by atoms with Crippen molar-refractivity contribution in [1.82, 2.24) is 10.2 Å². The molecule has 0 saturated carbocycles. The molecule has 3 amide bonds. The topological polar surface area (TPSA) is 87.7 Å². The Labute approximate surface area is 220 Å². The summed E-state index contributed by atoms with van der Waals surface area (Å²) >= 11 is 6.25.